The number of rotatable bonds is 6. The standard InChI is InChI=1S/C12H20N2/c1-3-5-6-12(14-4-2)11-7-9-13-10-8-11/h7-10,12,14H,3-6H2,1-2H3. The van der Waals surface area contributed by atoms with Crippen molar-refractivity contribution in [2.45, 2.75) is 39.2 Å². The smallest absolute Gasteiger partial charge is 0.0321 e. The topological polar surface area (TPSA) is 24.9 Å². The number of pyridine rings is 1. The minimum Gasteiger partial charge on any atom is -0.310 e. The van der Waals surface area contributed by atoms with Gasteiger partial charge < -0.3 is 5.32 Å². The first-order chi connectivity index (χ1) is 6.88. The van der Waals surface area contributed by atoms with Crippen LogP contribution in [-0.2, 0) is 0 Å². The average Bonchev–Trinajstić information content (AvgIpc) is 2.25. The fraction of sp³-hybridized carbons (Fsp3) is 0.583. The highest BCUT2D eigenvalue weighted by Crippen LogP contribution is 2.18. The van der Waals surface area contributed by atoms with E-state index in [1.54, 1.807) is 0 Å². The van der Waals surface area contributed by atoms with Gasteiger partial charge in [0.15, 0.2) is 0 Å². The van der Waals surface area contributed by atoms with Gasteiger partial charge >= 0.3 is 0 Å². The number of nitrogens with zero attached hydrogens (tertiary/aromatic N) is 1. The molecule has 0 radical (unpaired) electrons. The molecule has 0 saturated heterocycles. The van der Waals surface area contributed by atoms with E-state index in [1.807, 2.05) is 12.4 Å². The van der Waals surface area contributed by atoms with Crippen molar-refractivity contribution in [2.24, 2.45) is 0 Å². The van der Waals surface area contributed by atoms with Gasteiger partial charge in [-0.2, -0.15) is 0 Å². The summed E-state index contributed by atoms with van der Waals surface area (Å²) in [6.07, 6.45) is 7.48. The molecule has 78 valence electrons. The third kappa shape index (κ3) is 3.46. The molecule has 2 nitrogen and oxygen atoms in total. The summed E-state index contributed by atoms with van der Waals surface area (Å²) < 4.78 is 0. The van der Waals surface area contributed by atoms with Crippen LogP contribution in [0.2, 0.25) is 0 Å². The molecule has 1 N–H and O–H groups in total. The van der Waals surface area contributed by atoms with Crippen LogP contribution in [-0.4, -0.2) is 11.5 Å². The van der Waals surface area contributed by atoms with Gasteiger partial charge in [0.25, 0.3) is 0 Å². The Morgan fingerprint density at radius 3 is 2.57 bits per heavy atom. The second-order valence-corrected chi connectivity index (χ2v) is 3.53. The summed E-state index contributed by atoms with van der Waals surface area (Å²) in [5.41, 5.74) is 1.36. The van der Waals surface area contributed by atoms with Gasteiger partial charge in [0.1, 0.15) is 0 Å². The number of hydrogen-bond donors (Lipinski definition) is 1. The first-order valence-electron chi connectivity index (χ1n) is 5.51. The first kappa shape index (κ1) is 11.2. The Bertz CT molecular complexity index is 233. The van der Waals surface area contributed by atoms with E-state index < -0.39 is 0 Å². The predicted molar refractivity (Wildman–Crippen MR) is 60.2 cm³/mol. The van der Waals surface area contributed by atoms with Gasteiger partial charge in [-0.15, -0.1) is 0 Å². The van der Waals surface area contributed by atoms with Gasteiger partial charge in [-0.1, -0.05) is 26.7 Å². The molecule has 0 amide bonds. The van der Waals surface area contributed by atoms with Crippen molar-refractivity contribution in [3.05, 3.63) is 30.1 Å². The van der Waals surface area contributed by atoms with Crippen molar-refractivity contribution < 1.29 is 0 Å². The highest BCUT2D eigenvalue weighted by atomic mass is 14.9. The van der Waals surface area contributed by atoms with Crippen LogP contribution < -0.4 is 5.32 Å². The predicted octanol–water partition coefficient (Wildman–Crippen LogP) is 2.92. The Kier molecular flexibility index (Phi) is 5.23. The largest absolute Gasteiger partial charge is 0.310 e. The van der Waals surface area contributed by atoms with E-state index >= 15 is 0 Å². The third-order valence-corrected chi connectivity index (χ3v) is 2.41. The summed E-state index contributed by atoms with van der Waals surface area (Å²) in [6, 6.07) is 4.70. The lowest BCUT2D eigenvalue weighted by Gasteiger charge is -2.17. The molecule has 14 heavy (non-hydrogen) atoms. The van der Waals surface area contributed by atoms with Gasteiger partial charge in [-0.05, 0) is 30.7 Å². The lowest BCUT2D eigenvalue weighted by Crippen LogP contribution is -2.20. The van der Waals surface area contributed by atoms with Gasteiger partial charge in [0, 0.05) is 18.4 Å². The zero-order valence-corrected chi connectivity index (χ0v) is 9.16. The van der Waals surface area contributed by atoms with E-state index in [2.05, 4.69) is 36.3 Å². The molecule has 2 heteroatoms. The van der Waals surface area contributed by atoms with Crippen molar-refractivity contribution in [3.63, 3.8) is 0 Å². The van der Waals surface area contributed by atoms with Gasteiger partial charge in [-0.25, -0.2) is 0 Å². The van der Waals surface area contributed by atoms with Crippen LogP contribution in [0.5, 0.6) is 0 Å². The molecular formula is C12H20N2. The van der Waals surface area contributed by atoms with Crippen molar-refractivity contribution in [1.82, 2.24) is 10.3 Å². The van der Waals surface area contributed by atoms with E-state index in [-0.39, 0.29) is 0 Å². The van der Waals surface area contributed by atoms with Gasteiger partial charge in [-0.3, -0.25) is 4.98 Å². The lowest BCUT2D eigenvalue weighted by atomic mass is 10.0. The molecule has 1 aromatic rings. The highest BCUT2D eigenvalue weighted by Gasteiger charge is 2.08. The van der Waals surface area contributed by atoms with E-state index in [1.165, 1.54) is 24.8 Å². The molecule has 0 aliphatic carbocycles. The Hall–Kier alpha value is -0.890. The molecule has 0 aliphatic rings. The molecule has 1 aromatic heterocycles. The third-order valence-electron chi connectivity index (χ3n) is 2.41. The molecular weight excluding hydrogens is 172 g/mol. The zero-order chi connectivity index (χ0) is 10.2. The maximum Gasteiger partial charge on any atom is 0.0321 e. The Morgan fingerprint density at radius 1 is 1.29 bits per heavy atom. The molecule has 0 bridgehead atoms. The van der Waals surface area contributed by atoms with Crippen molar-refractivity contribution in [1.29, 1.82) is 0 Å². The van der Waals surface area contributed by atoms with E-state index in [0.29, 0.717) is 6.04 Å². The number of unbranched alkanes of at least 4 members (excludes halogenated alkanes) is 1. The molecule has 1 heterocycles. The Labute approximate surface area is 86.8 Å². The van der Waals surface area contributed by atoms with Crippen molar-refractivity contribution >= 4 is 0 Å². The van der Waals surface area contributed by atoms with Crippen LogP contribution >= 0.6 is 0 Å². The highest BCUT2D eigenvalue weighted by molar-refractivity contribution is 5.14. The molecule has 0 spiro atoms. The maximum atomic E-state index is 4.04. The van der Waals surface area contributed by atoms with E-state index in [0.717, 1.165) is 6.54 Å². The summed E-state index contributed by atoms with van der Waals surface area (Å²) in [4.78, 5) is 4.04. The molecule has 0 fully saturated rings. The van der Waals surface area contributed by atoms with Gasteiger partial charge in [0.2, 0.25) is 0 Å². The monoisotopic (exact) mass is 192 g/mol. The zero-order valence-electron chi connectivity index (χ0n) is 9.16. The molecule has 1 atom stereocenters. The number of aromatic nitrogens is 1. The van der Waals surface area contributed by atoms with Crippen LogP contribution in [0.4, 0.5) is 0 Å². The fourth-order valence-corrected chi connectivity index (χ4v) is 1.64. The van der Waals surface area contributed by atoms with Crippen LogP contribution in [0.1, 0.15) is 44.7 Å². The van der Waals surface area contributed by atoms with Gasteiger partial charge in [0.05, 0.1) is 0 Å². The molecule has 0 aromatic carbocycles. The quantitative estimate of drug-likeness (QED) is 0.749. The van der Waals surface area contributed by atoms with Crippen molar-refractivity contribution in [3.8, 4) is 0 Å². The van der Waals surface area contributed by atoms with Crippen LogP contribution in [0.25, 0.3) is 0 Å². The summed E-state index contributed by atoms with van der Waals surface area (Å²) in [7, 11) is 0. The summed E-state index contributed by atoms with van der Waals surface area (Å²) in [6.45, 7) is 5.41. The van der Waals surface area contributed by atoms with Crippen molar-refractivity contribution in [2.75, 3.05) is 6.54 Å². The maximum absolute atomic E-state index is 4.04. The summed E-state index contributed by atoms with van der Waals surface area (Å²) in [5.74, 6) is 0. The first-order valence-corrected chi connectivity index (χ1v) is 5.51. The molecule has 1 unspecified atom stereocenters. The molecule has 0 saturated carbocycles. The van der Waals surface area contributed by atoms with Crippen LogP contribution in [0.15, 0.2) is 24.5 Å². The van der Waals surface area contributed by atoms with E-state index in [4.69, 9.17) is 0 Å². The van der Waals surface area contributed by atoms with E-state index in [9.17, 15) is 0 Å². The van der Waals surface area contributed by atoms with Crippen LogP contribution in [0, 0.1) is 0 Å². The SMILES string of the molecule is CCCCC(NCC)c1ccncc1. The minimum atomic E-state index is 0.503. The fourth-order valence-electron chi connectivity index (χ4n) is 1.64. The Morgan fingerprint density at radius 2 is 2.00 bits per heavy atom. The summed E-state index contributed by atoms with van der Waals surface area (Å²) >= 11 is 0. The lowest BCUT2D eigenvalue weighted by molar-refractivity contribution is 0.494. The molecule has 0 aliphatic heterocycles. The Balaban J connectivity index is 2.58. The molecule has 1 rings (SSSR count). The van der Waals surface area contributed by atoms with Crippen LogP contribution in [0.3, 0.4) is 0 Å². The summed E-state index contributed by atoms with van der Waals surface area (Å²) in [5, 5.41) is 3.51. The minimum absolute atomic E-state index is 0.503. The average molecular weight is 192 g/mol. The normalized spacial score (nSPS) is 12.7. The second kappa shape index (κ2) is 6.55. The number of hydrogen-bond acceptors (Lipinski definition) is 2. The number of nitrogens with one attached hydrogen (secondary N) is 1. The second-order valence-electron chi connectivity index (χ2n) is 3.53.